The number of rotatable bonds is 3. The maximum atomic E-state index is 12.1. The fourth-order valence-corrected chi connectivity index (χ4v) is 3.53. The molecule has 0 N–H and O–H groups in total. The van der Waals surface area contributed by atoms with Gasteiger partial charge in [0.05, 0.1) is 5.69 Å². The quantitative estimate of drug-likeness (QED) is 0.782. The molecule has 0 radical (unpaired) electrons. The van der Waals surface area contributed by atoms with E-state index in [0.717, 1.165) is 4.47 Å². The summed E-state index contributed by atoms with van der Waals surface area (Å²) in [5.74, 6) is -0.134. The SMILES string of the molecule is CC(=O)SC1CC(=O)N(c2ccc(Br)cc2C(C)=O)C1. The smallest absolute Gasteiger partial charge is 0.228 e. The zero-order chi connectivity index (χ0) is 14.9. The summed E-state index contributed by atoms with van der Waals surface area (Å²) in [5.41, 5.74) is 1.14. The number of carbonyl (C=O) groups excluding carboxylic acids is 3. The topological polar surface area (TPSA) is 54.5 Å². The first kappa shape index (κ1) is 15.3. The second kappa shape index (κ2) is 6.10. The van der Waals surface area contributed by atoms with Crippen molar-refractivity contribution < 1.29 is 14.4 Å². The first-order chi connectivity index (χ1) is 9.38. The standard InChI is InChI=1S/C14H14BrNO3S/c1-8(17)12-5-10(15)3-4-13(12)16-7-11(6-14(16)19)20-9(2)18/h3-5,11H,6-7H2,1-2H3. The van der Waals surface area contributed by atoms with Gasteiger partial charge in [-0.2, -0.15) is 0 Å². The van der Waals surface area contributed by atoms with E-state index in [1.165, 1.54) is 25.6 Å². The lowest BCUT2D eigenvalue weighted by molar-refractivity contribution is -0.117. The number of hydrogen-bond acceptors (Lipinski definition) is 4. The van der Waals surface area contributed by atoms with E-state index in [9.17, 15) is 14.4 Å². The number of anilines is 1. The highest BCUT2D eigenvalue weighted by Crippen LogP contribution is 2.32. The Balaban J connectivity index is 2.30. The van der Waals surface area contributed by atoms with Crippen LogP contribution in [-0.4, -0.2) is 28.6 Å². The van der Waals surface area contributed by atoms with Gasteiger partial charge in [0.2, 0.25) is 5.91 Å². The van der Waals surface area contributed by atoms with Crippen LogP contribution in [0.1, 0.15) is 30.6 Å². The van der Waals surface area contributed by atoms with E-state index in [2.05, 4.69) is 15.9 Å². The van der Waals surface area contributed by atoms with Gasteiger partial charge in [0.1, 0.15) is 0 Å². The number of nitrogens with zero attached hydrogens (tertiary/aromatic N) is 1. The third kappa shape index (κ3) is 3.30. The van der Waals surface area contributed by atoms with Crippen molar-refractivity contribution in [3.05, 3.63) is 28.2 Å². The van der Waals surface area contributed by atoms with Crippen molar-refractivity contribution in [1.29, 1.82) is 0 Å². The molecule has 2 rings (SSSR count). The normalized spacial score (nSPS) is 18.4. The summed E-state index contributed by atoms with van der Waals surface area (Å²) in [5, 5.41) is -0.0318. The Morgan fingerprint density at radius 1 is 1.35 bits per heavy atom. The van der Waals surface area contributed by atoms with Crippen molar-refractivity contribution in [2.45, 2.75) is 25.5 Å². The zero-order valence-corrected chi connectivity index (χ0v) is 13.6. The summed E-state index contributed by atoms with van der Waals surface area (Å²) in [6.45, 7) is 3.44. The summed E-state index contributed by atoms with van der Waals surface area (Å²) < 4.78 is 0.799. The molecule has 1 aromatic carbocycles. The lowest BCUT2D eigenvalue weighted by Gasteiger charge is -2.19. The van der Waals surface area contributed by atoms with Gasteiger partial charge in [0.25, 0.3) is 0 Å². The number of ketones is 1. The molecule has 6 heteroatoms. The molecular weight excluding hydrogens is 342 g/mol. The second-order valence-electron chi connectivity index (χ2n) is 4.66. The Hall–Kier alpha value is -1.14. The molecule has 1 atom stereocenters. The fourth-order valence-electron chi connectivity index (χ4n) is 2.25. The molecule has 106 valence electrons. The molecule has 1 aliphatic heterocycles. The predicted octanol–water partition coefficient (Wildman–Crippen LogP) is 3.04. The molecule has 1 unspecified atom stereocenters. The lowest BCUT2D eigenvalue weighted by atomic mass is 10.1. The Bertz CT molecular complexity index is 588. The maximum Gasteiger partial charge on any atom is 0.228 e. The fraction of sp³-hybridized carbons (Fsp3) is 0.357. The van der Waals surface area contributed by atoms with Gasteiger partial charge in [0.15, 0.2) is 10.9 Å². The van der Waals surface area contributed by atoms with Crippen molar-refractivity contribution in [2.75, 3.05) is 11.4 Å². The highest BCUT2D eigenvalue weighted by Gasteiger charge is 2.33. The van der Waals surface area contributed by atoms with Gasteiger partial charge in [-0.1, -0.05) is 27.7 Å². The first-order valence-electron chi connectivity index (χ1n) is 6.16. The number of benzene rings is 1. The van der Waals surface area contributed by atoms with Gasteiger partial charge < -0.3 is 4.90 Å². The molecule has 1 saturated heterocycles. The van der Waals surface area contributed by atoms with Gasteiger partial charge in [0, 0.05) is 35.2 Å². The van der Waals surface area contributed by atoms with E-state index >= 15 is 0 Å². The van der Waals surface area contributed by atoms with Crippen LogP contribution in [0.4, 0.5) is 5.69 Å². The third-order valence-electron chi connectivity index (χ3n) is 3.05. The third-order valence-corrected chi connectivity index (χ3v) is 4.53. The van der Waals surface area contributed by atoms with Crippen LogP contribution < -0.4 is 4.90 Å². The average Bonchev–Trinajstić information content (AvgIpc) is 2.69. The Labute approximate surface area is 130 Å². The molecular formula is C14H14BrNO3S. The van der Waals surface area contributed by atoms with Crippen molar-refractivity contribution in [2.24, 2.45) is 0 Å². The van der Waals surface area contributed by atoms with Crippen LogP contribution in [-0.2, 0) is 9.59 Å². The van der Waals surface area contributed by atoms with Crippen LogP contribution in [0.25, 0.3) is 0 Å². The maximum absolute atomic E-state index is 12.1. The number of Topliss-reactive ketones (excluding diaryl/α,β-unsaturated/α-hetero) is 1. The van der Waals surface area contributed by atoms with Gasteiger partial charge in [-0.05, 0) is 25.1 Å². The molecule has 4 nitrogen and oxygen atoms in total. The molecule has 1 aromatic rings. The van der Waals surface area contributed by atoms with Crippen LogP contribution >= 0.6 is 27.7 Å². The van der Waals surface area contributed by atoms with E-state index in [1.54, 1.807) is 23.1 Å². The van der Waals surface area contributed by atoms with Crippen LogP contribution in [0.2, 0.25) is 0 Å². The molecule has 0 bridgehead atoms. The predicted molar refractivity (Wildman–Crippen MR) is 83.2 cm³/mol. The first-order valence-corrected chi connectivity index (χ1v) is 7.84. The van der Waals surface area contributed by atoms with Gasteiger partial charge in [-0.25, -0.2) is 0 Å². The Morgan fingerprint density at radius 3 is 2.65 bits per heavy atom. The van der Waals surface area contributed by atoms with Crippen molar-refractivity contribution in [1.82, 2.24) is 0 Å². The molecule has 0 aliphatic carbocycles. The summed E-state index contributed by atoms with van der Waals surface area (Å²) in [6, 6.07) is 5.29. The molecule has 0 saturated carbocycles. The summed E-state index contributed by atoms with van der Waals surface area (Å²) in [6.07, 6.45) is 0.331. The van der Waals surface area contributed by atoms with E-state index in [0.29, 0.717) is 24.2 Å². The average molecular weight is 356 g/mol. The highest BCUT2D eigenvalue weighted by molar-refractivity contribution is 9.10. The molecule has 0 spiro atoms. The number of hydrogen-bond donors (Lipinski definition) is 0. The largest absolute Gasteiger partial charge is 0.311 e. The van der Waals surface area contributed by atoms with Gasteiger partial charge in [-0.15, -0.1) is 0 Å². The van der Waals surface area contributed by atoms with E-state index in [4.69, 9.17) is 0 Å². The van der Waals surface area contributed by atoms with Crippen molar-refractivity contribution in [3.63, 3.8) is 0 Å². The summed E-state index contributed by atoms with van der Waals surface area (Å²) in [7, 11) is 0. The summed E-state index contributed by atoms with van der Waals surface area (Å²) >= 11 is 4.51. The zero-order valence-electron chi connectivity index (χ0n) is 11.2. The van der Waals surface area contributed by atoms with E-state index in [1.807, 2.05) is 0 Å². The van der Waals surface area contributed by atoms with E-state index < -0.39 is 0 Å². The number of halogens is 1. The Kier molecular flexibility index (Phi) is 4.65. The number of amides is 1. The molecule has 0 aromatic heterocycles. The molecule has 20 heavy (non-hydrogen) atoms. The van der Waals surface area contributed by atoms with Gasteiger partial charge in [-0.3, -0.25) is 14.4 Å². The number of thioether (sulfide) groups is 1. The molecule has 1 amide bonds. The molecule has 1 heterocycles. The minimum Gasteiger partial charge on any atom is -0.311 e. The van der Waals surface area contributed by atoms with E-state index in [-0.39, 0.29) is 22.1 Å². The Morgan fingerprint density at radius 2 is 2.05 bits per heavy atom. The monoisotopic (exact) mass is 355 g/mol. The second-order valence-corrected chi connectivity index (χ2v) is 7.05. The van der Waals surface area contributed by atoms with Crippen LogP contribution in [0.15, 0.2) is 22.7 Å². The van der Waals surface area contributed by atoms with Crippen molar-refractivity contribution >= 4 is 50.2 Å². The van der Waals surface area contributed by atoms with Crippen LogP contribution in [0.3, 0.4) is 0 Å². The highest BCUT2D eigenvalue weighted by atomic mass is 79.9. The molecule has 1 aliphatic rings. The van der Waals surface area contributed by atoms with Crippen LogP contribution in [0, 0.1) is 0 Å². The molecule has 1 fully saturated rings. The minimum atomic E-state index is -0.0863. The minimum absolute atomic E-state index is 0.00671. The van der Waals surface area contributed by atoms with Gasteiger partial charge >= 0.3 is 0 Å². The van der Waals surface area contributed by atoms with Crippen molar-refractivity contribution in [3.8, 4) is 0 Å². The summed E-state index contributed by atoms with van der Waals surface area (Å²) in [4.78, 5) is 36.6. The van der Waals surface area contributed by atoms with Crippen LogP contribution in [0.5, 0.6) is 0 Å². The number of carbonyl (C=O) groups is 3. The lowest BCUT2D eigenvalue weighted by Crippen LogP contribution is -2.26.